The van der Waals surface area contributed by atoms with Crippen molar-refractivity contribution < 1.29 is 4.74 Å². The topological polar surface area (TPSA) is 41.5 Å². The smallest absolute Gasteiger partial charge is 0.233 e. The number of aromatic nitrogens is 2. The zero-order chi connectivity index (χ0) is 15.9. The minimum absolute atomic E-state index is 0.165. The molecule has 5 heteroatoms. The van der Waals surface area contributed by atoms with E-state index in [-0.39, 0.29) is 6.10 Å². The highest BCUT2D eigenvalue weighted by Gasteiger charge is 2.19. The van der Waals surface area contributed by atoms with Crippen molar-refractivity contribution >= 4 is 5.82 Å². The fourth-order valence-electron chi connectivity index (χ4n) is 3.41. The van der Waals surface area contributed by atoms with Gasteiger partial charge in [0, 0.05) is 25.7 Å². The molecule has 3 heterocycles. The van der Waals surface area contributed by atoms with Gasteiger partial charge in [0.2, 0.25) is 5.88 Å². The van der Waals surface area contributed by atoms with Crippen molar-refractivity contribution in [2.24, 2.45) is 0 Å². The van der Waals surface area contributed by atoms with Gasteiger partial charge in [-0.25, -0.2) is 0 Å². The minimum atomic E-state index is 0.165. The standard InChI is InChI=1S/C18H28N4O/c1-2-3-8-16(15-21-11-4-5-12-21)23-18-10-9-17(19-20-18)22-13-6-7-14-22/h2,9-10,16H,1,3-8,11-15H2/t16-/m1/s1. The second-order valence-corrected chi connectivity index (χ2v) is 6.54. The molecule has 0 amide bonds. The fraction of sp³-hybridized carbons (Fsp3) is 0.667. The SMILES string of the molecule is C=CCC[C@H](CN1CCCC1)Oc1ccc(N2CCCC2)nn1. The van der Waals surface area contributed by atoms with Crippen LogP contribution in [0.2, 0.25) is 0 Å². The molecule has 0 saturated carbocycles. The molecular weight excluding hydrogens is 288 g/mol. The Morgan fingerprint density at radius 2 is 1.83 bits per heavy atom. The highest BCUT2D eigenvalue weighted by Crippen LogP contribution is 2.20. The maximum absolute atomic E-state index is 6.11. The summed E-state index contributed by atoms with van der Waals surface area (Å²) in [6.07, 6.45) is 9.18. The number of nitrogens with zero attached hydrogens (tertiary/aromatic N) is 4. The third kappa shape index (κ3) is 4.67. The molecule has 1 aromatic rings. The van der Waals surface area contributed by atoms with Crippen molar-refractivity contribution in [2.45, 2.75) is 44.6 Å². The predicted octanol–water partition coefficient (Wildman–Crippen LogP) is 2.89. The Labute approximate surface area is 139 Å². The second-order valence-electron chi connectivity index (χ2n) is 6.54. The quantitative estimate of drug-likeness (QED) is 0.690. The zero-order valence-electron chi connectivity index (χ0n) is 14.0. The number of likely N-dealkylation sites (tertiary alicyclic amines) is 1. The molecule has 0 unspecified atom stereocenters. The molecule has 0 aliphatic carbocycles. The summed E-state index contributed by atoms with van der Waals surface area (Å²) in [5.74, 6) is 1.61. The molecule has 0 radical (unpaired) electrons. The van der Waals surface area contributed by atoms with Gasteiger partial charge in [-0.15, -0.1) is 16.8 Å². The molecule has 2 saturated heterocycles. The largest absolute Gasteiger partial charge is 0.472 e. The lowest BCUT2D eigenvalue weighted by Crippen LogP contribution is -2.34. The fourth-order valence-corrected chi connectivity index (χ4v) is 3.41. The zero-order valence-corrected chi connectivity index (χ0v) is 14.0. The third-order valence-electron chi connectivity index (χ3n) is 4.70. The van der Waals surface area contributed by atoms with Crippen LogP contribution in [-0.2, 0) is 0 Å². The first-order valence-corrected chi connectivity index (χ1v) is 8.94. The number of anilines is 1. The summed E-state index contributed by atoms with van der Waals surface area (Å²) in [5.41, 5.74) is 0. The molecule has 2 aliphatic rings. The average molecular weight is 316 g/mol. The lowest BCUT2D eigenvalue weighted by molar-refractivity contribution is 0.133. The summed E-state index contributed by atoms with van der Waals surface area (Å²) in [6, 6.07) is 4.00. The molecule has 1 aromatic heterocycles. The molecule has 0 aromatic carbocycles. The molecule has 0 bridgehead atoms. The molecule has 1 atom stereocenters. The van der Waals surface area contributed by atoms with Crippen molar-refractivity contribution in [2.75, 3.05) is 37.6 Å². The first-order valence-electron chi connectivity index (χ1n) is 8.94. The highest BCUT2D eigenvalue weighted by molar-refractivity contribution is 5.39. The van der Waals surface area contributed by atoms with E-state index < -0.39 is 0 Å². The van der Waals surface area contributed by atoms with E-state index in [2.05, 4.69) is 26.6 Å². The third-order valence-corrected chi connectivity index (χ3v) is 4.70. The van der Waals surface area contributed by atoms with Crippen LogP contribution < -0.4 is 9.64 Å². The molecule has 126 valence electrons. The van der Waals surface area contributed by atoms with Crippen LogP contribution in [-0.4, -0.2) is 53.9 Å². The summed E-state index contributed by atoms with van der Waals surface area (Å²) < 4.78 is 6.11. The maximum Gasteiger partial charge on any atom is 0.233 e. The Bertz CT molecular complexity index is 478. The normalized spacial score (nSPS) is 19.9. The Kier molecular flexibility index (Phi) is 5.86. The van der Waals surface area contributed by atoms with E-state index in [1.54, 1.807) is 0 Å². The van der Waals surface area contributed by atoms with E-state index in [0.717, 1.165) is 38.3 Å². The van der Waals surface area contributed by atoms with Crippen LogP contribution in [0.4, 0.5) is 5.82 Å². The average Bonchev–Trinajstić information content (AvgIpc) is 3.27. The van der Waals surface area contributed by atoms with Crippen molar-refractivity contribution in [3.8, 4) is 5.88 Å². The number of hydrogen-bond donors (Lipinski definition) is 0. The van der Waals surface area contributed by atoms with E-state index in [9.17, 15) is 0 Å². The van der Waals surface area contributed by atoms with E-state index in [1.165, 1.54) is 38.8 Å². The minimum Gasteiger partial charge on any atom is -0.472 e. The van der Waals surface area contributed by atoms with Crippen molar-refractivity contribution in [3.05, 3.63) is 24.8 Å². The molecule has 3 rings (SSSR count). The van der Waals surface area contributed by atoms with E-state index in [4.69, 9.17) is 4.74 Å². The van der Waals surface area contributed by atoms with Gasteiger partial charge in [-0.05, 0) is 57.7 Å². The van der Waals surface area contributed by atoms with Crippen LogP contribution in [0.5, 0.6) is 5.88 Å². The van der Waals surface area contributed by atoms with Gasteiger partial charge in [0.05, 0.1) is 0 Å². The number of allylic oxidation sites excluding steroid dienone is 1. The van der Waals surface area contributed by atoms with Gasteiger partial charge in [-0.3, -0.25) is 4.90 Å². The van der Waals surface area contributed by atoms with Crippen molar-refractivity contribution in [3.63, 3.8) is 0 Å². The monoisotopic (exact) mass is 316 g/mol. The number of rotatable bonds is 8. The van der Waals surface area contributed by atoms with Gasteiger partial charge in [0.1, 0.15) is 6.10 Å². The second kappa shape index (κ2) is 8.29. The summed E-state index contributed by atoms with van der Waals surface area (Å²) in [4.78, 5) is 4.77. The van der Waals surface area contributed by atoms with Crippen LogP contribution in [0.1, 0.15) is 38.5 Å². The van der Waals surface area contributed by atoms with Crippen LogP contribution in [0.3, 0.4) is 0 Å². The first-order chi connectivity index (χ1) is 11.3. The first kappa shape index (κ1) is 16.2. The summed E-state index contributed by atoms with van der Waals surface area (Å²) >= 11 is 0. The Morgan fingerprint density at radius 1 is 1.09 bits per heavy atom. The van der Waals surface area contributed by atoms with E-state index >= 15 is 0 Å². The van der Waals surface area contributed by atoms with Crippen molar-refractivity contribution in [1.82, 2.24) is 15.1 Å². The lowest BCUT2D eigenvalue weighted by Gasteiger charge is -2.24. The summed E-state index contributed by atoms with van der Waals surface area (Å²) in [7, 11) is 0. The Hall–Kier alpha value is -1.62. The van der Waals surface area contributed by atoms with E-state index in [1.807, 2.05) is 18.2 Å². The van der Waals surface area contributed by atoms with Crippen molar-refractivity contribution in [1.29, 1.82) is 0 Å². The number of ether oxygens (including phenoxy) is 1. The molecule has 23 heavy (non-hydrogen) atoms. The number of hydrogen-bond acceptors (Lipinski definition) is 5. The van der Waals surface area contributed by atoms with Gasteiger partial charge in [0.15, 0.2) is 5.82 Å². The van der Waals surface area contributed by atoms with E-state index in [0.29, 0.717) is 5.88 Å². The van der Waals surface area contributed by atoms with Gasteiger partial charge in [0.25, 0.3) is 0 Å². The van der Waals surface area contributed by atoms with Crippen LogP contribution in [0, 0.1) is 0 Å². The molecule has 5 nitrogen and oxygen atoms in total. The highest BCUT2D eigenvalue weighted by atomic mass is 16.5. The summed E-state index contributed by atoms with van der Waals surface area (Å²) in [6.45, 7) is 9.35. The summed E-state index contributed by atoms with van der Waals surface area (Å²) in [5, 5.41) is 8.63. The van der Waals surface area contributed by atoms with Crippen LogP contribution in [0.15, 0.2) is 24.8 Å². The van der Waals surface area contributed by atoms with Crippen LogP contribution >= 0.6 is 0 Å². The maximum atomic E-state index is 6.11. The molecule has 0 spiro atoms. The Morgan fingerprint density at radius 3 is 2.48 bits per heavy atom. The van der Waals surface area contributed by atoms with Gasteiger partial charge in [-0.1, -0.05) is 6.08 Å². The molecule has 2 aliphatic heterocycles. The van der Waals surface area contributed by atoms with Gasteiger partial charge in [-0.2, -0.15) is 0 Å². The van der Waals surface area contributed by atoms with Gasteiger partial charge < -0.3 is 9.64 Å². The predicted molar refractivity (Wildman–Crippen MR) is 93.0 cm³/mol. The Balaban J connectivity index is 1.57. The van der Waals surface area contributed by atoms with Gasteiger partial charge >= 0.3 is 0 Å². The molecule has 2 fully saturated rings. The van der Waals surface area contributed by atoms with Crippen LogP contribution in [0.25, 0.3) is 0 Å². The lowest BCUT2D eigenvalue weighted by atomic mass is 10.2. The molecular formula is C18H28N4O. The molecule has 0 N–H and O–H groups in total.